The summed E-state index contributed by atoms with van der Waals surface area (Å²) in [6.07, 6.45) is -0.781. The minimum Gasteiger partial charge on any atom is -0.466 e. The van der Waals surface area contributed by atoms with Crippen LogP contribution in [0.25, 0.3) is 5.69 Å². The van der Waals surface area contributed by atoms with Crippen molar-refractivity contribution in [2.75, 3.05) is 7.11 Å². The average molecular weight is 350 g/mol. The van der Waals surface area contributed by atoms with Crippen LogP contribution in [0.1, 0.15) is 17.2 Å². The van der Waals surface area contributed by atoms with Crippen LogP contribution in [-0.2, 0) is 9.53 Å². The van der Waals surface area contributed by atoms with E-state index in [1.165, 1.54) is 11.8 Å². The Hall–Kier alpha value is -3.48. The van der Waals surface area contributed by atoms with Crippen molar-refractivity contribution in [1.29, 1.82) is 0 Å². The smallest absolute Gasteiger partial charge is 0.341 e. The summed E-state index contributed by atoms with van der Waals surface area (Å²) < 4.78 is 12.2. The van der Waals surface area contributed by atoms with Gasteiger partial charge in [-0.1, -0.05) is 59.7 Å². The van der Waals surface area contributed by atoms with E-state index in [1.54, 1.807) is 0 Å². The molecule has 0 aliphatic heterocycles. The van der Waals surface area contributed by atoms with E-state index in [4.69, 9.17) is 9.47 Å². The Balaban J connectivity index is 1.97. The summed E-state index contributed by atoms with van der Waals surface area (Å²) in [7, 11) is 1.30. The standard InChI is InChI=1S/C19H18N4O3/c1-13-9-11-15(12-10-13)17(14(2)18(24)25-3)26-19-20-21-22-23(19)16-7-5-4-6-8-16/h4-12,17H,2H2,1,3H3. The minimum absolute atomic E-state index is 0.145. The second-order valence-corrected chi connectivity index (χ2v) is 5.63. The first-order valence-electron chi connectivity index (χ1n) is 7.94. The highest BCUT2D eigenvalue weighted by molar-refractivity contribution is 5.89. The van der Waals surface area contributed by atoms with Crippen LogP contribution < -0.4 is 4.74 Å². The van der Waals surface area contributed by atoms with Gasteiger partial charge in [-0.05, 0) is 35.0 Å². The van der Waals surface area contributed by atoms with Crippen molar-refractivity contribution in [3.05, 3.63) is 77.9 Å². The number of carbonyl (C=O) groups is 1. The molecule has 0 N–H and O–H groups in total. The van der Waals surface area contributed by atoms with Gasteiger partial charge in [0.15, 0.2) is 6.10 Å². The molecule has 1 aromatic heterocycles. The molecule has 0 aliphatic rings. The number of hydrogen-bond donors (Lipinski definition) is 0. The maximum atomic E-state index is 12.0. The van der Waals surface area contributed by atoms with E-state index in [2.05, 4.69) is 22.1 Å². The summed E-state index contributed by atoms with van der Waals surface area (Å²) in [5.41, 5.74) is 2.72. The topological polar surface area (TPSA) is 79.1 Å². The fourth-order valence-electron chi connectivity index (χ4n) is 2.41. The fraction of sp³-hybridized carbons (Fsp3) is 0.158. The number of benzene rings is 2. The number of para-hydroxylation sites is 1. The lowest BCUT2D eigenvalue weighted by Crippen LogP contribution is -2.19. The molecule has 2 aromatic carbocycles. The normalized spacial score (nSPS) is 11.6. The molecular formula is C19H18N4O3. The van der Waals surface area contributed by atoms with E-state index < -0.39 is 12.1 Å². The molecule has 0 bridgehead atoms. The molecule has 1 atom stereocenters. The number of aromatic nitrogens is 4. The van der Waals surface area contributed by atoms with Gasteiger partial charge in [-0.15, -0.1) is 0 Å². The van der Waals surface area contributed by atoms with Crippen molar-refractivity contribution in [3.63, 3.8) is 0 Å². The van der Waals surface area contributed by atoms with Gasteiger partial charge < -0.3 is 9.47 Å². The predicted molar refractivity (Wildman–Crippen MR) is 94.9 cm³/mol. The Labute approximate surface area is 150 Å². The largest absolute Gasteiger partial charge is 0.466 e. The van der Waals surface area contributed by atoms with E-state index in [9.17, 15) is 4.79 Å². The van der Waals surface area contributed by atoms with Crippen LogP contribution in [0, 0.1) is 6.92 Å². The van der Waals surface area contributed by atoms with Crippen molar-refractivity contribution in [3.8, 4) is 11.7 Å². The third-order valence-corrected chi connectivity index (χ3v) is 3.81. The van der Waals surface area contributed by atoms with Crippen LogP contribution in [0.3, 0.4) is 0 Å². The van der Waals surface area contributed by atoms with Crippen molar-refractivity contribution >= 4 is 5.97 Å². The SMILES string of the molecule is C=C(C(=O)OC)C(Oc1nnnn1-c1ccccc1)c1ccc(C)cc1. The van der Waals surface area contributed by atoms with Gasteiger partial charge in [0.05, 0.1) is 18.4 Å². The average Bonchev–Trinajstić information content (AvgIpc) is 3.14. The monoisotopic (exact) mass is 350 g/mol. The number of esters is 1. The maximum Gasteiger partial charge on any atom is 0.341 e. The summed E-state index contributed by atoms with van der Waals surface area (Å²) in [6.45, 7) is 5.81. The van der Waals surface area contributed by atoms with Crippen molar-refractivity contribution in [1.82, 2.24) is 20.2 Å². The van der Waals surface area contributed by atoms with Crippen LogP contribution in [0.5, 0.6) is 6.01 Å². The first kappa shape index (κ1) is 17.3. The van der Waals surface area contributed by atoms with E-state index >= 15 is 0 Å². The van der Waals surface area contributed by atoms with Gasteiger partial charge in [-0.2, -0.15) is 4.68 Å². The van der Waals surface area contributed by atoms with E-state index in [1.807, 2.05) is 61.5 Å². The van der Waals surface area contributed by atoms with Crippen molar-refractivity contribution in [2.45, 2.75) is 13.0 Å². The van der Waals surface area contributed by atoms with Gasteiger partial charge >= 0.3 is 12.0 Å². The molecule has 26 heavy (non-hydrogen) atoms. The van der Waals surface area contributed by atoms with E-state index in [0.717, 1.165) is 16.8 Å². The van der Waals surface area contributed by atoms with Gasteiger partial charge in [0.25, 0.3) is 0 Å². The summed E-state index contributed by atoms with van der Waals surface area (Å²) in [5.74, 6) is -0.561. The lowest BCUT2D eigenvalue weighted by Gasteiger charge is -2.19. The van der Waals surface area contributed by atoms with Gasteiger partial charge in [-0.25, -0.2) is 4.79 Å². The molecule has 3 rings (SSSR count). The summed E-state index contributed by atoms with van der Waals surface area (Å²) >= 11 is 0. The molecular weight excluding hydrogens is 332 g/mol. The lowest BCUT2D eigenvalue weighted by atomic mass is 10.0. The fourth-order valence-corrected chi connectivity index (χ4v) is 2.41. The van der Waals surface area contributed by atoms with Crippen LogP contribution in [0.2, 0.25) is 0 Å². The number of methoxy groups -OCH3 is 1. The van der Waals surface area contributed by atoms with Gasteiger partial charge in [-0.3, -0.25) is 0 Å². The zero-order chi connectivity index (χ0) is 18.5. The number of tetrazole rings is 1. The first-order valence-corrected chi connectivity index (χ1v) is 7.94. The highest BCUT2D eigenvalue weighted by atomic mass is 16.5. The highest BCUT2D eigenvalue weighted by Gasteiger charge is 2.26. The van der Waals surface area contributed by atoms with E-state index in [0.29, 0.717) is 0 Å². The van der Waals surface area contributed by atoms with Gasteiger partial charge in [0.1, 0.15) is 0 Å². The number of ether oxygens (including phenoxy) is 2. The summed E-state index contributed by atoms with van der Waals surface area (Å²) in [4.78, 5) is 12.0. The Kier molecular flexibility index (Phi) is 5.07. The minimum atomic E-state index is -0.781. The Morgan fingerprint density at radius 1 is 1.12 bits per heavy atom. The van der Waals surface area contributed by atoms with Crippen LogP contribution in [0.15, 0.2) is 66.7 Å². The molecule has 7 nitrogen and oxygen atoms in total. The molecule has 0 fully saturated rings. The lowest BCUT2D eigenvalue weighted by molar-refractivity contribution is -0.137. The van der Waals surface area contributed by atoms with Crippen molar-refractivity contribution < 1.29 is 14.3 Å². The number of rotatable bonds is 6. The molecule has 3 aromatic rings. The maximum absolute atomic E-state index is 12.0. The van der Waals surface area contributed by atoms with Crippen molar-refractivity contribution in [2.24, 2.45) is 0 Å². The van der Waals surface area contributed by atoms with Crippen LogP contribution in [-0.4, -0.2) is 33.3 Å². The third-order valence-electron chi connectivity index (χ3n) is 3.81. The molecule has 0 spiro atoms. The number of hydrogen-bond acceptors (Lipinski definition) is 6. The zero-order valence-corrected chi connectivity index (χ0v) is 14.5. The zero-order valence-electron chi connectivity index (χ0n) is 14.5. The second kappa shape index (κ2) is 7.60. The summed E-state index contributed by atoms with van der Waals surface area (Å²) in [5, 5.41) is 11.6. The third kappa shape index (κ3) is 3.61. The van der Waals surface area contributed by atoms with E-state index in [-0.39, 0.29) is 11.6 Å². The van der Waals surface area contributed by atoms with Crippen LogP contribution in [0.4, 0.5) is 0 Å². The highest BCUT2D eigenvalue weighted by Crippen LogP contribution is 2.28. The Bertz CT molecular complexity index is 904. The Morgan fingerprint density at radius 2 is 1.81 bits per heavy atom. The number of aryl methyl sites for hydroxylation is 1. The van der Waals surface area contributed by atoms with Gasteiger partial charge in [0, 0.05) is 0 Å². The first-order chi connectivity index (χ1) is 12.6. The van der Waals surface area contributed by atoms with Gasteiger partial charge in [0.2, 0.25) is 0 Å². The summed E-state index contributed by atoms with van der Waals surface area (Å²) in [6, 6.07) is 17.0. The molecule has 1 unspecified atom stereocenters. The molecule has 0 saturated heterocycles. The number of carbonyl (C=O) groups excluding carboxylic acids is 1. The van der Waals surface area contributed by atoms with Crippen LogP contribution >= 0.6 is 0 Å². The molecule has 132 valence electrons. The number of nitrogens with zero attached hydrogens (tertiary/aromatic N) is 4. The molecule has 0 amide bonds. The molecule has 7 heteroatoms. The predicted octanol–water partition coefficient (Wildman–Crippen LogP) is 2.82. The Morgan fingerprint density at radius 3 is 2.46 bits per heavy atom. The molecule has 0 aliphatic carbocycles. The molecule has 0 saturated carbocycles. The molecule has 1 heterocycles. The second-order valence-electron chi connectivity index (χ2n) is 5.63. The molecule has 0 radical (unpaired) electrons. The quantitative estimate of drug-likeness (QED) is 0.502.